The second kappa shape index (κ2) is 6.30. The average molecular weight is 271 g/mol. The molecule has 1 aromatic rings. The number of hydrogen-bond acceptors (Lipinski definition) is 3. The van der Waals surface area contributed by atoms with Crippen LogP contribution >= 0.6 is 0 Å². The molecule has 0 heterocycles. The van der Waals surface area contributed by atoms with Gasteiger partial charge in [-0.15, -0.1) is 0 Å². The predicted octanol–water partition coefficient (Wildman–Crippen LogP) is 2.71. The maximum absolute atomic E-state index is 12.0. The van der Waals surface area contributed by atoms with E-state index in [-0.39, 0.29) is 17.9 Å². The van der Waals surface area contributed by atoms with E-state index in [2.05, 4.69) is 10.1 Å². The van der Waals surface area contributed by atoms with E-state index in [1.54, 1.807) is 24.3 Å². The molecule has 19 heavy (non-hydrogen) atoms. The number of halogens is 2. The molecule has 106 valence electrons. The third kappa shape index (κ3) is 4.14. The Bertz CT molecular complexity index is 391. The fourth-order valence-electron chi connectivity index (χ4n) is 2.27. The lowest BCUT2D eigenvalue weighted by atomic mass is 9.82. The summed E-state index contributed by atoms with van der Waals surface area (Å²) in [5, 5.41) is 12.6. The van der Waals surface area contributed by atoms with Crippen LogP contribution in [0.5, 0.6) is 5.75 Å². The summed E-state index contributed by atoms with van der Waals surface area (Å²) in [7, 11) is 0. The number of ether oxygens (including phenoxy) is 1. The van der Waals surface area contributed by atoms with Crippen molar-refractivity contribution < 1.29 is 18.6 Å². The van der Waals surface area contributed by atoms with Crippen LogP contribution in [0.4, 0.5) is 8.78 Å². The van der Waals surface area contributed by atoms with Crippen LogP contribution in [0.25, 0.3) is 0 Å². The molecule has 0 saturated heterocycles. The van der Waals surface area contributed by atoms with E-state index in [1.165, 1.54) is 0 Å². The molecule has 1 fully saturated rings. The summed E-state index contributed by atoms with van der Waals surface area (Å²) in [4.78, 5) is 0. The van der Waals surface area contributed by atoms with Crippen molar-refractivity contribution in [1.82, 2.24) is 5.32 Å². The fourth-order valence-corrected chi connectivity index (χ4v) is 2.27. The van der Waals surface area contributed by atoms with Gasteiger partial charge in [-0.25, -0.2) is 0 Å². The van der Waals surface area contributed by atoms with Crippen LogP contribution in [0.2, 0.25) is 0 Å². The quantitative estimate of drug-likeness (QED) is 0.836. The van der Waals surface area contributed by atoms with Crippen LogP contribution < -0.4 is 10.1 Å². The van der Waals surface area contributed by atoms with Crippen LogP contribution in [0.15, 0.2) is 24.3 Å². The lowest BCUT2D eigenvalue weighted by Gasteiger charge is -2.32. The Kier molecular flexibility index (Phi) is 4.71. The summed E-state index contributed by atoms with van der Waals surface area (Å²) in [6, 6.07) is 6.81. The Hall–Kier alpha value is -1.20. The van der Waals surface area contributed by atoms with Gasteiger partial charge in [0.2, 0.25) is 0 Å². The Balaban J connectivity index is 1.80. The summed E-state index contributed by atoms with van der Waals surface area (Å²) < 4.78 is 28.3. The highest BCUT2D eigenvalue weighted by atomic mass is 19.3. The molecule has 2 rings (SSSR count). The van der Waals surface area contributed by atoms with E-state index in [0.29, 0.717) is 5.92 Å². The standard InChI is InChI=1S/C14H19F2NO2/c1-9(17-8-10-6-12(18)7-10)11-2-4-13(5-3-11)19-14(15)16/h2-5,9-10,12,14,17-18H,6-8H2,1H3. The molecule has 1 aromatic carbocycles. The number of nitrogens with one attached hydrogen (secondary N) is 1. The van der Waals surface area contributed by atoms with Crippen LogP contribution in [0.3, 0.4) is 0 Å². The topological polar surface area (TPSA) is 41.5 Å². The molecule has 0 amide bonds. The van der Waals surface area contributed by atoms with Crippen LogP contribution in [-0.4, -0.2) is 24.4 Å². The van der Waals surface area contributed by atoms with Gasteiger partial charge in [0, 0.05) is 6.04 Å². The van der Waals surface area contributed by atoms with Gasteiger partial charge in [0.25, 0.3) is 0 Å². The summed E-state index contributed by atoms with van der Waals surface area (Å²) in [6.45, 7) is 0.109. The molecule has 1 aliphatic carbocycles. The number of rotatable bonds is 6. The average Bonchev–Trinajstić information content (AvgIpc) is 2.33. The van der Waals surface area contributed by atoms with Crippen molar-refractivity contribution >= 4 is 0 Å². The number of aliphatic hydroxyl groups excluding tert-OH is 1. The summed E-state index contributed by atoms with van der Waals surface area (Å²) in [5.74, 6) is 0.715. The van der Waals surface area contributed by atoms with Crippen molar-refractivity contribution in [2.75, 3.05) is 6.54 Å². The Morgan fingerprint density at radius 3 is 2.47 bits per heavy atom. The van der Waals surface area contributed by atoms with Crippen LogP contribution in [0.1, 0.15) is 31.4 Å². The van der Waals surface area contributed by atoms with Gasteiger partial charge >= 0.3 is 6.61 Å². The first-order chi connectivity index (χ1) is 9.04. The van der Waals surface area contributed by atoms with Crippen molar-refractivity contribution in [3.8, 4) is 5.75 Å². The van der Waals surface area contributed by atoms with E-state index >= 15 is 0 Å². The first-order valence-electron chi connectivity index (χ1n) is 6.51. The number of benzene rings is 1. The highest BCUT2D eigenvalue weighted by Crippen LogP contribution is 2.27. The molecule has 2 N–H and O–H groups in total. The third-order valence-electron chi connectivity index (χ3n) is 3.53. The van der Waals surface area contributed by atoms with Gasteiger partial charge in [-0.05, 0) is 49.9 Å². The summed E-state index contributed by atoms with van der Waals surface area (Å²) in [5.41, 5.74) is 1.03. The normalized spacial score (nSPS) is 24.1. The number of alkyl halides is 2. The molecule has 0 bridgehead atoms. The number of aliphatic hydroxyl groups is 1. The molecule has 0 spiro atoms. The van der Waals surface area contributed by atoms with Crippen molar-refractivity contribution in [1.29, 1.82) is 0 Å². The Morgan fingerprint density at radius 1 is 1.32 bits per heavy atom. The zero-order valence-electron chi connectivity index (χ0n) is 10.9. The minimum Gasteiger partial charge on any atom is -0.435 e. The van der Waals surface area contributed by atoms with Gasteiger partial charge in [0.05, 0.1) is 6.10 Å². The summed E-state index contributed by atoms with van der Waals surface area (Å²) >= 11 is 0. The zero-order chi connectivity index (χ0) is 13.8. The molecule has 0 aliphatic heterocycles. The van der Waals surface area contributed by atoms with Gasteiger partial charge in [-0.3, -0.25) is 0 Å². The monoisotopic (exact) mass is 271 g/mol. The van der Waals surface area contributed by atoms with E-state index < -0.39 is 6.61 Å². The molecule has 1 aliphatic rings. The van der Waals surface area contributed by atoms with E-state index in [9.17, 15) is 13.9 Å². The fraction of sp³-hybridized carbons (Fsp3) is 0.571. The maximum Gasteiger partial charge on any atom is 0.387 e. The van der Waals surface area contributed by atoms with Gasteiger partial charge in [-0.2, -0.15) is 8.78 Å². The SMILES string of the molecule is CC(NCC1CC(O)C1)c1ccc(OC(F)F)cc1. The molecule has 5 heteroatoms. The van der Waals surface area contributed by atoms with Crippen LogP contribution in [-0.2, 0) is 0 Å². The third-order valence-corrected chi connectivity index (χ3v) is 3.53. The molecule has 3 nitrogen and oxygen atoms in total. The van der Waals surface area contributed by atoms with Crippen molar-refractivity contribution in [3.63, 3.8) is 0 Å². The zero-order valence-corrected chi connectivity index (χ0v) is 10.9. The first-order valence-corrected chi connectivity index (χ1v) is 6.51. The van der Waals surface area contributed by atoms with Crippen LogP contribution in [0, 0.1) is 5.92 Å². The minimum absolute atomic E-state index is 0.132. The highest BCUT2D eigenvalue weighted by molar-refractivity contribution is 5.28. The molecule has 1 saturated carbocycles. The second-order valence-electron chi connectivity index (χ2n) is 5.07. The molecular weight excluding hydrogens is 252 g/mol. The van der Waals surface area contributed by atoms with Crippen molar-refractivity contribution in [3.05, 3.63) is 29.8 Å². The van der Waals surface area contributed by atoms with Gasteiger partial charge in [-0.1, -0.05) is 12.1 Å². The first kappa shape index (κ1) is 14.2. The Morgan fingerprint density at radius 2 is 1.95 bits per heavy atom. The second-order valence-corrected chi connectivity index (χ2v) is 5.07. The van der Waals surface area contributed by atoms with E-state index in [1.807, 2.05) is 6.92 Å². The Labute approximate surface area is 111 Å². The maximum atomic E-state index is 12.0. The summed E-state index contributed by atoms with van der Waals surface area (Å²) in [6.07, 6.45) is 1.59. The molecule has 0 aromatic heterocycles. The van der Waals surface area contributed by atoms with Gasteiger partial charge < -0.3 is 15.2 Å². The molecule has 1 atom stereocenters. The van der Waals surface area contributed by atoms with Gasteiger partial charge in [0.15, 0.2) is 0 Å². The van der Waals surface area contributed by atoms with E-state index in [0.717, 1.165) is 24.9 Å². The van der Waals surface area contributed by atoms with Gasteiger partial charge in [0.1, 0.15) is 5.75 Å². The largest absolute Gasteiger partial charge is 0.435 e. The molecule has 0 radical (unpaired) electrons. The molecule has 1 unspecified atom stereocenters. The predicted molar refractivity (Wildman–Crippen MR) is 68.2 cm³/mol. The lowest BCUT2D eigenvalue weighted by Crippen LogP contribution is -2.36. The highest BCUT2D eigenvalue weighted by Gasteiger charge is 2.26. The lowest BCUT2D eigenvalue weighted by molar-refractivity contribution is -0.0498. The molecular formula is C14H19F2NO2. The van der Waals surface area contributed by atoms with E-state index in [4.69, 9.17) is 0 Å². The number of hydrogen-bond donors (Lipinski definition) is 2. The minimum atomic E-state index is -2.79. The van der Waals surface area contributed by atoms with Crippen molar-refractivity contribution in [2.45, 2.75) is 38.5 Å². The smallest absolute Gasteiger partial charge is 0.387 e. The van der Waals surface area contributed by atoms with Crippen molar-refractivity contribution in [2.24, 2.45) is 5.92 Å².